The van der Waals surface area contributed by atoms with Crippen LogP contribution in [0.25, 0.3) is 0 Å². The van der Waals surface area contributed by atoms with Gasteiger partial charge in [-0.2, -0.15) is 0 Å². The lowest BCUT2D eigenvalue weighted by atomic mass is 9.92. The van der Waals surface area contributed by atoms with Gasteiger partial charge in [-0.05, 0) is 30.2 Å². The summed E-state index contributed by atoms with van der Waals surface area (Å²) in [5.41, 5.74) is 0.336. The van der Waals surface area contributed by atoms with E-state index in [0.717, 1.165) is 10.5 Å². The van der Waals surface area contributed by atoms with E-state index in [4.69, 9.17) is 4.74 Å². The molecule has 27 heavy (non-hydrogen) atoms. The monoisotopic (exact) mass is 367 g/mol. The van der Waals surface area contributed by atoms with E-state index >= 15 is 0 Å². The number of nitrogens with zero attached hydrogens (tertiary/aromatic N) is 1. The molecule has 1 fully saturated rings. The predicted octanol–water partition coefficient (Wildman–Crippen LogP) is 1.78. The van der Waals surface area contributed by atoms with Crippen LogP contribution < -0.4 is 15.4 Å². The average Bonchev–Trinajstić information content (AvgIpc) is 2.91. The Morgan fingerprint density at radius 1 is 1.11 bits per heavy atom. The number of imide groups is 1. The van der Waals surface area contributed by atoms with Gasteiger partial charge in [0.15, 0.2) is 0 Å². The summed E-state index contributed by atoms with van der Waals surface area (Å²) in [5, 5.41) is 5.40. The van der Waals surface area contributed by atoms with Gasteiger partial charge in [0, 0.05) is 6.54 Å². The maximum absolute atomic E-state index is 12.8. The van der Waals surface area contributed by atoms with Gasteiger partial charge in [0.25, 0.3) is 5.91 Å². The molecular weight excluding hydrogens is 346 g/mol. The highest BCUT2D eigenvalue weighted by molar-refractivity contribution is 6.09. The van der Waals surface area contributed by atoms with E-state index < -0.39 is 23.4 Å². The Morgan fingerprint density at radius 3 is 2.41 bits per heavy atom. The van der Waals surface area contributed by atoms with Crippen LogP contribution in [-0.2, 0) is 21.7 Å². The number of hydrogen-bond acceptors (Lipinski definition) is 4. The molecule has 0 spiro atoms. The number of hydrogen-bond donors (Lipinski definition) is 2. The fourth-order valence-electron chi connectivity index (χ4n) is 2.96. The molecule has 0 saturated carbocycles. The minimum absolute atomic E-state index is 0.330. The molecule has 1 atom stereocenters. The van der Waals surface area contributed by atoms with Crippen LogP contribution in [-0.4, -0.2) is 36.4 Å². The first-order valence-corrected chi connectivity index (χ1v) is 8.53. The number of urea groups is 1. The molecule has 1 saturated heterocycles. The summed E-state index contributed by atoms with van der Waals surface area (Å²) >= 11 is 0. The smallest absolute Gasteiger partial charge is 0.325 e. The Balaban J connectivity index is 1.67. The number of carbonyl (C=O) groups is 3. The zero-order valence-electron chi connectivity index (χ0n) is 15.2. The molecule has 7 nitrogen and oxygen atoms in total. The third-order valence-electron chi connectivity index (χ3n) is 4.58. The largest absolute Gasteiger partial charge is 0.497 e. The van der Waals surface area contributed by atoms with Crippen LogP contribution in [0, 0.1) is 0 Å². The van der Waals surface area contributed by atoms with Crippen LogP contribution in [0.15, 0.2) is 54.6 Å². The van der Waals surface area contributed by atoms with Gasteiger partial charge in [0.05, 0.1) is 7.11 Å². The Hall–Kier alpha value is -3.35. The van der Waals surface area contributed by atoms with Crippen molar-refractivity contribution in [2.45, 2.75) is 19.0 Å². The Kier molecular flexibility index (Phi) is 5.12. The molecule has 2 N–H and O–H groups in total. The molecule has 0 aromatic heterocycles. The summed E-state index contributed by atoms with van der Waals surface area (Å²) in [4.78, 5) is 38.3. The number of amides is 4. The zero-order valence-corrected chi connectivity index (χ0v) is 15.2. The van der Waals surface area contributed by atoms with Crippen molar-refractivity contribution in [3.8, 4) is 5.75 Å². The second-order valence-electron chi connectivity index (χ2n) is 6.44. The maximum Gasteiger partial charge on any atom is 0.325 e. The van der Waals surface area contributed by atoms with Gasteiger partial charge in [0.1, 0.15) is 17.8 Å². The first kappa shape index (κ1) is 18.4. The van der Waals surface area contributed by atoms with Gasteiger partial charge >= 0.3 is 6.03 Å². The quantitative estimate of drug-likeness (QED) is 0.762. The molecule has 0 radical (unpaired) electrons. The molecular formula is C20H21N3O4. The fraction of sp³-hybridized carbons (Fsp3) is 0.250. The Labute approximate surface area is 157 Å². The molecule has 1 aliphatic heterocycles. The highest BCUT2D eigenvalue weighted by Crippen LogP contribution is 2.29. The maximum atomic E-state index is 12.8. The van der Waals surface area contributed by atoms with Crippen molar-refractivity contribution in [1.29, 1.82) is 0 Å². The van der Waals surface area contributed by atoms with Crippen LogP contribution in [0.4, 0.5) is 4.79 Å². The predicted molar refractivity (Wildman–Crippen MR) is 98.9 cm³/mol. The molecule has 0 bridgehead atoms. The van der Waals surface area contributed by atoms with Crippen molar-refractivity contribution in [3.05, 3.63) is 65.7 Å². The zero-order chi connectivity index (χ0) is 19.4. The SMILES string of the molecule is COc1ccc([C@]2(C)NC(=O)N(CC(=O)NCc3ccccc3)C2=O)cc1. The van der Waals surface area contributed by atoms with Crippen molar-refractivity contribution < 1.29 is 19.1 Å². The molecule has 3 rings (SSSR count). The lowest BCUT2D eigenvalue weighted by molar-refractivity contribution is -0.134. The van der Waals surface area contributed by atoms with Crippen LogP contribution in [0.2, 0.25) is 0 Å². The minimum atomic E-state index is -1.22. The summed E-state index contributed by atoms with van der Waals surface area (Å²) in [6.45, 7) is 1.62. The van der Waals surface area contributed by atoms with E-state index in [1.54, 1.807) is 38.3 Å². The molecule has 0 aliphatic carbocycles. The van der Waals surface area contributed by atoms with Gasteiger partial charge in [-0.1, -0.05) is 42.5 Å². The molecule has 7 heteroatoms. The topological polar surface area (TPSA) is 87.7 Å². The van der Waals surface area contributed by atoms with Gasteiger partial charge < -0.3 is 15.4 Å². The van der Waals surface area contributed by atoms with E-state index in [-0.39, 0.29) is 6.54 Å². The van der Waals surface area contributed by atoms with Gasteiger partial charge in [-0.25, -0.2) is 4.79 Å². The van der Waals surface area contributed by atoms with E-state index in [9.17, 15) is 14.4 Å². The van der Waals surface area contributed by atoms with Gasteiger partial charge in [-0.15, -0.1) is 0 Å². The lowest BCUT2D eigenvalue weighted by Crippen LogP contribution is -2.43. The van der Waals surface area contributed by atoms with E-state index in [0.29, 0.717) is 17.9 Å². The lowest BCUT2D eigenvalue weighted by Gasteiger charge is -2.22. The second kappa shape index (κ2) is 7.49. The minimum Gasteiger partial charge on any atom is -0.497 e. The molecule has 2 aromatic rings. The summed E-state index contributed by atoms with van der Waals surface area (Å²) in [6.07, 6.45) is 0. The molecule has 2 aromatic carbocycles. The third-order valence-corrected chi connectivity index (χ3v) is 4.58. The van der Waals surface area contributed by atoms with E-state index in [1.165, 1.54) is 0 Å². The van der Waals surface area contributed by atoms with Gasteiger partial charge in [0.2, 0.25) is 5.91 Å². The van der Waals surface area contributed by atoms with Crippen molar-refractivity contribution in [2.75, 3.05) is 13.7 Å². The number of ether oxygens (including phenoxy) is 1. The van der Waals surface area contributed by atoms with Crippen LogP contribution in [0.1, 0.15) is 18.1 Å². The number of methoxy groups -OCH3 is 1. The molecule has 140 valence electrons. The molecule has 0 unspecified atom stereocenters. The standard InChI is InChI=1S/C20H21N3O4/c1-20(15-8-10-16(27-2)11-9-15)18(25)23(19(26)22-20)13-17(24)21-12-14-6-4-3-5-7-14/h3-11H,12-13H2,1-2H3,(H,21,24)(H,22,26)/t20-/m0/s1. The third kappa shape index (κ3) is 3.76. The summed E-state index contributed by atoms with van der Waals surface area (Å²) < 4.78 is 5.11. The van der Waals surface area contributed by atoms with E-state index in [2.05, 4.69) is 10.6 Å². The van der Waals surface area contributed by atoms with Crippen LogP contribution in [0.5, 0.6) is 5.75 Å². The van der Waals surface area contributed by atoms with Crippen molar-refractivity contribution in [1.82, 2.24) is 15.5 Å². The summed E-state index contributed by atoms with van der Waals surface area (Å²) in [5.74, 6) is -0.217. The second-order valence-corrected chi connectivity index (χ2v) is 6.44. The Morgan fingerprint density at radius 2 is 1.78 bits per heavy atom. The number of rotatable bonds is 6. The van der Waals surface area contributed by atoms with Crippen molar-refractivity contribution >= 4 is 17.8 Å². The summed E-state index contributed by atoms with van der Waals surface area (Å²) in [7, 11) is 1.55. The summed E-state index contributed by atoms with van der Waals surface area (Å²) in [6, 6.07) is 15.7. The molecule has 1 aliphatic rings. The average molecular weight is 367 g/mol. The van der Waals surface area contributed by atoms with E-state index in [1.807, 2.05) is 30.3 Å². The number of benzene rings is 2. The molecule has 1 heterocycles. The van der Waals surface area contributed by atoms with Gasteiger partial charge in [-0.3, -0.25) is 14.5 Å². The highest BCUT2D eigenvalue weighted by Gasteiger charge is 2.49. The Bertz CT molecular complexity index is 851. The van der Waals surface area contributed by atoms with Crippen LogP contribution in [0.3, 0.4) is 0 Å². The first-order valence-electron chi connectivity index (χ1n) is 8.53. The number of carbonyl (C=O) groups excluding carboxylic acids is 3. The number of nitrogens with one attached hydrogen (secondary N) is 2. The van der Waals surface area contributed by atoms with Crippen LogP contribution >= 0.6 is 0 Å². The molecule has 4 amide bonds. The van der Waals surface area contributed by atoms with Crippen molar-refractivity contribution in [3.63, 3.8) is 0 Å². The fourth-order valence-corrected chi connectivity index (χ4v) is 2.96. The highest BCUT2D eigenvalue weighted by atomic mass is 16.5. The van der Waals surface area contributed by atoms with Crippen molar-refractivity contribution in [2.24, 2.45) is 0 Å². The first-order chi connectivity index (χ1) is 12.9. The normalized spacial score (nSPS) is 19.0.